The minimum Gasteiger partial charge on any atom is -0.300 e. The molecule has 94 valence electrons. The summed E-state index contributed by atoms with van der Waals surface area (Å²) >= 11 is 1.55. The van der Waals surface area contributed by atoms with Gasteiger partial charge in [0.1, 0.15) is 0 Å². The Morgan fingerprint density at radius 2 is 2.35 bits per heavy atom. The van der Waals surface area contributed by atoms with Crippen molar-refractivity contribution in [2.45, 2.75) is 39.2 Å². The van der Waals surface area contributed by atoms with Crippen molar-refractivity contribution >= 4 is 17.1 Å². The largest absolute Gasteiger partial charge is 0.300 e. The van der Waals surface area contributed by atoms with Crippen molar-refractivity contribution in [2.24, 2.45) is 5.92 Å². The molecule has 2 unspecified atom stereocenters. The van der Waals surface area contributed by atoms with Crippen LogP contribution in [0, 0.1) is 5.92 Å². The number of carbonyl (C=O) groups excluding carboxylic acids is 1. The van der Waals surface area contributed by atoms with Gasteiger partial charge in [-0.1, -0.05) is 13.0 Å². The first-order valence-corrected chi connectivity index (χ1v) is 7.35. The van der Waals surface area contributed by atoms with Gasteiger partial charge in [-0.15, -0.1) is 11.3 Å². The van der Waals surface area contributed by atoms with Crippen molar-refractivity contribution in [3.63, 3.8) is 0 Å². The number of likely N-dealkylation sites (tertiary alicyclic amines) is 1. The second kappa shape index (κ2) is 5.78. The predicted octanol–water partition coefficient (Wildman–Crippen LogP) is 3.44. The first-order chi connectivity index (χ1) is 8.16. The number of carbonyl (C=O) groups is 1. The van der Waals surface area contributed by atoms with Crippen LogP contribution < -0.4 is 0 Å². The SMILES string of the molecule is CC1CC(C)N(CCCC(=O)c2cccs2)C1. The van der Waals surface area contributed by atoms with Crippen LogP contribution in [0.4, 0.5) is 0 Å². The van der Waals surface area contributed by atoms with E-state index in [-0.39, 0.29) is 0 Å². The molecule has 0 aromatic carbocycles. The topological polar surface area (TPSA) is 20.3 Å². The molecule has 2 rings (SSSR count). The maximum Gasteiger partial charge on any atom is 0.172 e. The lowest BCUT2D eigenvalue weighted by Crippen LogP contribution is -2.28. The van der Waals surface area contributed by atoms with Crippen LogP contribution in [0.15, 0.2) is 17.5 Å². The Balaban J connectivity index is 1.71. The standard InChI is InChI=1S/C14H21NOS/c1-11-9-12(2)15(10-11)7-3-5-13(16)14-6-4-8-17-14/h4,6,8,11-12H,3,5,7,9-10H2,1-2H3. The summed E-state index contributed by atoms with van der Waals surface area (Å²) in [7, 11) is 0. The number of rotatable bonds is 5. The van der Waals surface area contributed by atoms with Crippen LogP contribution in [-0.2, 0) is 0 Å². The zero-order valence-corrected chi connectivity index (χ0v) is 11.5. The van der Waals surface area contributed by atoms with Crippen LogP contribution in [0.2, 0.25) is 0 Å². The highest BCUT2D eigenvalue weighted by atomic mass is 32.1. The zero-order chi connectivity index (χ0) is 12.3. The van der Waals surface area contributed by atoms with Crippen molar-refractivity contribution in [1.82, 2.24) is 4.90 Å². The smallest absolute Gasteiger partial charge is 0.172 e. The van der Waals surface area contributed by atoms with Gasteiger partial charge in [0.2, 0.25) is 0 Å². The first kappa shape index (κ1) is 12.8. The average Bonchev–Trinajstić information content (AvgIpc) is 2.89. The molecular formula is C14H21NOS. The third-order valence-corrected chi connectivity index (χ3v) is 4.47. The molecule has 3 heteroatoms. The highest BCUT2D eigenvalue weighted by Crippen LogP contribution is 2.22. The van der Waals surface area contributed by atoms with Crippen molar-refractivity contribution in [2.75, 3.05) is 13.1 Å². The number of nitrogens with zero attached hydrogens (tertiary/aromatic N) is 1. The molecule has 0 saturated carbocycles. The quantitative estimate of drug-likeness (QED) is 0.747. The van der Waals surface area contributed by atoms with Gasteiger partial charge in [0.05, 0.1) is 4.88 Å². The second-order valence-corrected chi connectivity index (χ2v) is 6.14. The molecule has 1 aliphatic rings. The van der Waals surface area contributed by atoms with Gasteiger partial charge in [-0.05, 0) is 43.7 Å². The first-order valence-electron chi connectivity index (χ1n) is 6.47. The third-order valence-electron chi connectivity index (χ3n) is 3.56. The van der Waals surface area contributed by atoms with E-state index in [1.165, 1.54) is 13.0 Å². The van der Waals surface area contributed by atoms with Gasteiger partial charge in [0.25, 0.3) is 0 Å². The summed E-state index contributed by atoms with van der Waals surface area (Å²) in [5.74, 6) is 1.12. The fraction of sp³-hybridized carbons (Fsp3) is 0.643. The highest BCUT2D eigenvalue weighted by Gasteiger charge is 2.25. The van der Waals surface area contributed by atoms with E-state index in [0.717, 1.165) is 23.8 Å². The van der Waals surface area contributed by atoms with Crippen molar-refractivity contribution < 1.29 is 4.79 Å². The van der Waals surface area contributed by atoms with Crippen LogP contribution >= 0.6 is 11.3 Å². The molecule has 2 nitrogen and oxygen atoms in total. The average molecular weight is 251 g/mol. The van der Waals surface area contributed by atoms with E-state index in [4.69, 9.17) is 0 Å². The molecule has 1 aromatic rings. The summed E-state index contributed by atoms with van der Waals surface area (Å²) in [5.41, 5.74) is 0. The Bertz CT molecular complexity index is 360. The van der Waals surface area contributed by atoms with Gasteiger partial charge in [-0.2, -0.15) is 0 Å². The molecule has 0 N–H and O–H groups in total. The molecule has 0 radical (unpaired) electrons. The Hall–Kier alpha value is -0.670. The third kappa shape index (κ3) is 3.39. The molecule has 1 aromatic heterocycles. The number of Topliss-reactive ketones (excluding diaryl/α,β-unsaturated/α-hetero) is 1. The maximum absolute atomic E-state index is 11.8. The lowest BCUT2D eigenvalue weighted by Gasteiger charge is -2.20. The minimum atomic E-state index is 0.305. The summed E-state index contributed by atoms with van der Waals surface area (Å²) in [5, 5.41) is 1.97. The molecule has 0 bridgehead atoms. The Morgan fingerprint density at radius 3 is 2.94 bits per heavy atom. The Morgan fingerprint density at radius 1 is 1.53 bits per heavy atom. The highest BCUT2D eigenvalue weighted by molar-refractivity contribution is 7.12. The molecule has 2 heterocycles. The van der Waals surface area contributed by atoms with Gasteiger partial charge >= 0.3 is 0 Å². The number of hydrogen-bond acceptors (Lipinski definition) is 3. The molecule has 1 fully saturated rings. The van der Waals surface area contributed by atoms with Crippen molar-refractivity contribution in [3.05, 3.63) is 22.4 Å². The molecule has 1 aliphatic heterocycles. The fourth-order valence-electron chi connectivity index (χ4n) is 2.70. The molecule has 0 aliphatic carbocycles. The summed E-state index contributed by atoms with van der Waals surface area (Å²) in [6.07, 6.45) is 2.99. The van der Waals surface area contributed by atoms with Crippen LogP contribution in [-0.4, -0.2) is 29.8 Å². The molecular weight excluding hydrogens is 230 g/mol. The summed E-state index contributed by atoms with van der Waals surface area (Å²) < 4.78 is 0. The minimum absolute atomic E-state index is 0.305. The van der Waals surface area contributed by atoms with E-state index in [1.807, 2.05) is 17.5 Å². The van der Waals surface area contributed by atoms with E-state index in [2.05, 4.69) is 18.7 Å². The molecule has 17 heavy (non-hydrogen) atoms. The van der Waals surface area contributed by atoms with Crippen LogP contribution in [0.1, 0.15) is 42.8 Å². The molecule has 1 saturated heterocycles. The monoisotopic (exact) mass is 251 g/mol. The van der Waals surface area contributed by atoms with Gasteiger partial charge in [-0.25, -0.2) is 0 Å². The number of hydrogen-bond donors (Lipinski definition) is 0. The van der Waals surface area contributed by atoms with Crippen molar-refractivity contribution in [1.29, 1.82) is 0 Å². The van der Waals surface area contributed by atoms with E-state index in [1.54, 1.807) is 11.3 Å². The zero-order valence-electron chi connectivity index (χ0n) is 10.7. The van der Waals surface area contributed by atoms with Crippen LogP contribution in [0.25, 0.3) is 0 Å². The van der Waals surface area contributed by atoms with Gasteiger partial charge in [0, 0.05) is 19.0 Å². The van der Waals surface area contributed by atoms with E-state index in [9.17, 15) is 4.79 Å². The van der Waals surface area contributed by atoms with E-state index in [0.29, 0.717) is 18.2 Å². The van der Waals surface area contributed by atoms with Gasteiger partial charge < -0.3 is 4.90 Å². The number of ketones is 1. The summed E-state index contributed by atoms with van der Waals surface area (Å²) in [6.45, 7) is 6.88. The van der Waals surface area contributed by atoms with E-state index >= 15 is 0 Å². The molecule has 2 atom stereocenters. The van der Waals surface area contributed by atoms with Gasteiger partial charge in [0.15, 0.2) is 5.78 Å². The molecule has 0 amide bonds. The Kier molecular flexibility index (Phi) is 4.35. The lowest BCUT2D eigenvalue weighted by molar-refractivity contribution is 0.0978. The number of thiophene rings is 1. The Labute approximate surface area is 108 Å². The van der Waals surface area contributed by atoms with Crippen molar-refractivity contribution in [3.8, 4) is 0 Å². The molecule has 0 spiro atoms. The second-order valence-electron chi connectivity index (χ2n) is 5.19. The fourth-order valence-corrected chi connectivity index (χ4v) is 3.40. The van der Waals surface area contributed by atoms with E-state index < -0.39 is 0 Å². The van der Waals surface area contributed by atoms with Gasteiger partial charge in [-0.3, -0.25) is 4.79 Å². The summed E-state index contributed by atoms with van der Waals surface area (Å²) in [4.78, 5) is 15.2. The maximum atomic E-state index is 11.8. The predicted molar refractivity (Wildman–Crippen MR) is 72.7 cm³/mol. The summed E-state index contributed by atoms with van der Waals surface area (Å²) in [6, 6.07) is 4.57. The van der Waals surface area contributed by atoms with Crippen LogP contribution in [0.5, 0.6) is 0 Å². The van der Waals surface area contributed by atoms with Crippen LogP contribution in [0.3, 0.4) is 0 Å². The normalized spacial score (nSPS) is 25.3. The lowest BCUT2D eigenvalue weighted by atomic mass is 10.1.